The van der Waals surface area contributed by atoms with Crippen molar-refractivity contribution >= 4 is 15.9 Å². The molecule has 9 nitrogen and oxygen atoms in total. The number of carbonyl (C=O) groups excluding carboxylic acids is 1. The van der Waals surface area contributed by atoms with Gasteiger partial charge in [-0.1, -0.05) is 30.3 Å². The largest absolute Gasteiger partial charge is 0.493 e. The van der Waals surface area contributed by atoms with Gasteiger partial charge in [-0.05, 0) is 56.0 Å². The summed E-state index contributed by atoms with van der Waals surface area (Å²) < 4.78 is 43.9. The molecule has 0 spiro atoms. The van der Waals surface area contributed by atoms with E-state index in [-0.39, 0.29) is 29.5 Å². The molecule has 2 atom stereocenters. The van der Waals surface area contributed by atoms with Crippen LogP contribution >= 0.6 is 0 Å². The second-order valence-corrected chi connectivity index (χ2v) is 12.4. The molecule has 1 aliphatic heterocycles. The van der Waals surface area contributed by atoms with Crippen molar-refractivity contribution in [3.8, 4) is 11.5 Å². The topological polar surface area (TPSA) is 97.4 Å². The number of amides is 1. The van der Waals surface area contributed by atoms with E-state index in [4.69, 9.17) is 14.2 Å². The van der Waals surface area contributed by atoms with Crippen LogP contribution in [0.15, 0.2) is 48.5 Å². The number of sulfonamides is 1. The highest BCUT2D eigenvalue weighted by Crippen LogP contribution is 2.30. The maximum absolute atomic E-state index is 13.7. The van der Waals surface area contributed by atoms with Crippen molar-refractivity contribution in [1.29, 1.82) is 0 Å². The van der Waals surface area contributed by atoms with Crippen LogP contribution in [0.5, 0.6) is 11.5 Å². The van der Waals surface area contributed by atoms with Gasteiger partial charge < -0.3 is 24.4 Å². The maximum atomic E-state index is 13.7. The van der Waals surface area contributed by atoms with Crippen molar-refractivity contribution < 1.29 is 27.4 Å². The van der Waals surface area contributed by atoms with Crippen LogP contribution in [-0.2, 0) is 20.5 Å². The Morgan fingerprint density at radius 3 is 2.33 bits per heavy atom. The zero-order valence-electron chi connectivity index (χ0n) is 23.8. The predicted molar refractivity (Wildman–Crippen MR) is 153 cm³/mol. The minimum absolute atomic E-state index is 0.0287. The van der Waals surface area contributed by atoms with Crippen LogP contribution in [0.3, 0.4) is 0 Å². The van der Waals surface area contributed by atoms with Gasteiger partial charge >= 0.3 is 0 Å². The molecule has 0 saturated carbocycles. The zero-order valence-corrected chi connectivity index (χ0v) is 24.6. The lowest BCUT2D eigenvalue weighted by molar-refractivity contribution is 0.0658. The number of carbonyl (C=O) groups is 1. The second kappa shape index (κ2) is 14.6. The first-order valence-electron chi connectivity index (χ1n) is 13.5. The minimum Gasteiger partial charge on any atom is -0.493 e. The molecule has 2 aromatic rings. The van der Waals surface area contributed by atoms with Crippen LogP contribution in [0, 0.1) is 11.8 Å². The molecule has 1 N–H and O–H groups in total. The monoisotopic (exact) mass is 561 g/mol. The lowest BCUT2D eigenvalue weighted by atomic mass is 9.94. The smallest absolute Gasteiger partial charge is 0.254 e. The summed E-state index contributed by atoms with van der Waals surface area (Å²) in [5, 5.41) is 3.40. The van der Waals surface area contributed by atoms with Crippen molar-refractivity contribution in [2.24, 2.45) is 11.8 Å². The van der Waals surface area contributed by atoms with Crippen molar-refractivity contribution in [1.82, 2.24) is 14.5 Å². The molecule has 1 fully saturated rings. The summed E-state index contributed by atoms with van der Waals surface area (Å²) in [4.78, 5) is 15.5. The van der Waals surface area contributed by atoms with Crippen molar-refractivity contribution in [2.45, 2.75) is 32.1 Å². The van der Waals surface area contributed by atoms with Crippen LogP contribution < -0.4 is 14.8 Å². The summed E-state index contributed by atoms with van der Waals surface area (Å²) in [5.41, 5.74) is 1.29. The van der Waals surface area contributed by atoms with Crippen LogP contribution in [0.25, 0.3) is 0 Å². The maximum Gasteiger partial charge on any atom is 0.254 e. The second-order valence-electron chi connectivity index (χ2n) is 10.3. The van der Waals surface area contributed by atoms with E-state index in [1.807, 2.05) is 49.1 Å². The summed E-state index contributed by atoms with van der Waals surface area (Å²) >= 11 is 0. The lowest BCUT2D eigenvalue weighted by Crippen LogP contribution is -2.44. The van der Waals surface area contributed by atoms with Crippen molar-refractivity contribution in [3.63, 3.8) is 0 Å². The Kier molecular flexibility index (Phi) is 11.6. The molecule has 1 amide bonds. The third-order valence-corrected chi connectivity index (χ3v) is 8.91. The molecule has 3 rings (SSSR count). The van der Waals surface area contributed by atoms with Gasteiger partial charge in [0.1, 0.15) is 0 Å². The van der Waals surface area contributed by atoms with Crippen molar-refractivity contribution in [3.05, 3.63) is 59.7 Å². The molecular weight excluding hydrogens is 518 g/mol. The van der Waals surface area contributed by atoms with Crippen LogP contribution in [-0.4, -0.2) is 90.2 Å². The minimum atomic E-state index is -3.46. The van der Waals surface area contributed by atoms with Gasteiger partial charge in [0.25, 0.3) is 5.91 Å². The van der Waals surface area contributed by atoms with E-state index in [2.05, 4.69) is 5.32 Å². The van der Waals surface area contributed by atoms with Gasteiger partial charge in [-0.25, -0.2) is 12.7 Å². The van der Waals surface area contributed by atoms with Crippen LogP contribution in [0.4, 0.5) is 0 Å². The number of benzene rings is 2. The molecule has 0 radical (unpaired) electrons. The number of hydrogen-bond donors (Lipinski definition) is 1. The third-order valence-electron chi connectivity index (χ3n) is 7.11. The van der Waals surface area contributed by atoms with Gasteiger partial charge in [-0.15, -0.1) is 0 Å². The van der Waals surface area contributed by atoms with E-state index in [9.17, 15) is 13.2 Å². The quantitative estimate of drug-likeness (QED) is 0.334. The Labute approximate surface area is 233 Å². The Bertz CT molecular complexity index is 1160. The SMILES string of the molecule is COCCCOc1cc(C(=O)N(C[C@@H]2CNC[C@H]2CN(C)S(=O)(=O)Cc2ccccc2)C(C)C)ccc1OC. The molecule has 39 heavy (non-hydrogen) atoms. The molecular formula is C29H43N3O6S. The van der Waals surface area contributed by atoms with Crippen LogP contribution in [0.2, 0.25) is 0 Å². The molecule has 0 bridgehead atoms. The van der Waals surface area contributed by atoms with E-state index >= 15 is 0 Å². The van der Waals surface area contributed by atoms with Gasteiger partial charge in [0.2, 0.25) is 10.0 Å². The molecule has 1 aliphatic rings. The summed E-state index contributed by atoms with van der Waals surface area (Å²) in [6, 6.07) is 14.4. The summed E-state index contributed by atoms with van der Waals surface area (Å²) in [6.07, 6.45) is 0.724. The Hall–Kier alpha value is -2.66. The fourth-order valence-electron chi connectivity index (χ4n) is 4.81. The van der Waals surface area contributed by atoms with E-state index in [1.165, 1.54) is 4.31 Å². The Morgan fingerprint density at radius 2 is 1.69 bits per heavy atom. The molecule has 0 unspecified atom stereocenters. The zero-order chi connectivity index (χ0) is 28.4. The molecule has 216 valence electrons. The van der Waals surface area contributed by atoms with Gasteiger partial charge in [0.05, 0.1) is 19.5 Å². The number of rotatable bonds is 15. The lowest BCUT2D eigenvalue weighted by Gasteiger charge is -2.32. The first-order chi connectivity index (χ1) is 18.7. The van der Waals surface area contributed by atoms with Crippen LogP contribution in [0.1, 0.15) is 36.2 Å². The highest BCUT2D eigenvalue weighted by molar-refractivity contribution is 7.88. The average molecular weight is 562 g/mol. The van der Waals surface area contributed by atoms with E-state index in [1.54, 1.807) is 39.5 Å². The van der Waals surface area contributed by atoms with Crippen molar-refractivity contribution in [2.75, 3.05) is 60.7 Å². The fourth-order valence-corrected chi connectivity index (χ4v) is 6.06. The highest BCUT2D eigenvalue weighted by atomic mass is 32.2. The molecule has 1 saturated heterocycles. The number of nitrogens with one attached hydrogen (secondary N) is 1. The molecule has 0 aromatic heterocycles. The average Bonchev–Trinajstić information content (AvgIpc) is 3.35. The summed E-state index contributed by atoms with van der Waals surface area (Å²) in [5.74, 6) is 1.18. The summed E-state index contributed by atoms with van der Waals surface area (Å²) in [6.45, 7) is 7.38. The third kappa shape index (κ3) is 8.66. The van der Waals surface area contributed by atoms with E-state index in [0.29, 0.717) is 49.9 Å². The Balaban J connectivity index is 1.69. The predicted octanol–water partition coefficient (Wildman–Crippen LogP) is 3.26. The molecule has 1 heterocycles. The molecule has 0 aliphatic carbocycles. The highest BCUT2D eigenvalue weighted by Gasteiger charge is 2.34. The standard InChI is InChI=1S/C29H43N3O6S/c1-22(2)32(29(33)24-12-13-27(37-5)28(16-24)38-15-9-14-36-4)20-26-18-30-17-25(26)19-31(3)39(34,35)21-23-10-7-6-8-11-23/h6-8,10-13,16,22,25-26,30H,9,14-15,17-21H2,1-5H3/t25-,26-/m0/s1. The van der Waals surface area contributed by atoms with Gasteiger partial charge in [-0.2, -0.15) is 0 Å². The first kappa shape index (κ1) is 30.9. The van der Waals surface area contributed by atoms with Gasteiger partial charge in [0.15, 0.2) is 11.5 Å². The fraction of sp³-hybridized carbons (Fsp3) is 0.552. The molecule has 10 heteroatoms. The van der Waals surface area contributed by atoms with Gasteiger partial charge in [0, 0.05) is 58.4 Å². The molecule has 2 aromatic carbocycles. The first-order valence-corrected chi connectivity index (χ1v) is 15.1. The van der Waals surface area contributed by atoms with E-state index in [0.717, 1.165) is 18.5 Å². The summed E-state index contributed by atoms with van der Waals surface area (Å²) in [7, 11) is 1.40. The number of nitrogens with zero attached hydrogens (tertiary/aromatic N) is 2. The van der Waals surface area contributed by atoms with E-state index < -0.39 is 10.0 Å². The Morgan fingerprint density at radius 1 is 1.00 bits per heavy atom. The number of methoxy groups -OCH3 is 2. The van der Waals surface area contributed by atoms with Gasteiger partial charge in [-0.3, -0.25) is 4.79 Å². The number of hydrogen-bond acceptors (Lipinski definition) is 7. The normalized spacial score (nSPS) is 17.5. The number of ether oxygens (including phenoxy) is 3.